The lowest BCUT2D eigenvalue weighted by atomic mass is 9.98. The maximum absolute atomic E-state index is 13.9. The Kier molecular flexibility index (Phi) is 7.37. The Morgan fingerprint density at radius 3 is 2.19 bits per heavy atom. The Balaban J connectivity index is 1.34. The van der Waals surface area contributed by atoms with Crippen molar-refractivity contribution in [2.24, 2.45) is 0 Å². The summed E-state index contributed by atoms with van der Waals surface area (Å²) in [4.78, 5) is 45.3. The number of imide groups is 1. The number of fused-ring (bicyclic) bond motifs is 2. The first kappa shape index (κ1) is 28.4. The van der Waals surface area contributed by atoms with E-state index in [9.17, 15) is 31.9 Å². The van der Waals surface area contributed by atoms with Crippen molar-refractivity contribution in [3.05, 3.63) is 119 Å². The van der Waals surface area contributed by atoms with Gasteiger partial charge in [0.05, 0.1) is 18.7 Å². The largest absolute Gasteiger partial charge is 0.416 e. The molecule has 2 aliphatic heterocycles. The van der Waals surface area contributed by atoms with Gasteiger partial charge in [0.15, 0.2) is 0 Å². The molecule has 0 aliphatic carbocycles. The Morgan fingerprint density at radius 1 is 0.744 bits per heavy atom. The SMILES string of the molecule is O=C1[C@@H](Cc2ccccc2)N2C(=O)N(Cc3cccc4ccccc34)C(=O)[C@@H]2CN1Cc1cc(CF)cc(C(F)(F)F)c1. The van der Waals surface area contributed by atoms with Gasteiger partial charge < -0.3 is 4.90 Å². The molecule has 4 aromatic carbocycles. The number of amides is 4. The van der Waals surface area contributed by atoms with Crippen molar-refractivity contribution in [3.8, 4) is 0 Å². The second-order valence-electron chi connectivity index (χ2n) is 10.9. The molecule has 0 radical (unpaired) electrons. The van der Waals surface area contributed by atoms with E-state index in [-0.39, 0.29) is 37.2 Å². The molecule has 2 heterocycles. The Morgan fingerprint density at radius 2 is 1.44 bits per heavy atom. The van der Waals surface area contributed by atoms with Crippen LogP contribution in [0, 0.1) is 0 Å². The lowest BCUT2D eigenvalue weighted by Gasteiger charge is -2.41. The average molecular weight is 590 g/mol. The van der Waals surface area contributed by atoms with Gasteiger partial charge in [0, 0.05) is 13.0 Å². The molecule has 0 unspecified atom stereocenters. The minimum absolute atomic E-state index is 0.00571. The van der Waals surface area contributed by atoms with E-state index in [0.717, 1.165) is 38.9 Å². The summed E-state index contributed by atoms with van der Waals surface area (Å²) >= 11 is 0. The van der Waals surface area contributed by atoms with Crippen molar-refractivity contribution >= 4 is 28.6 Å². The number of hydrogen-bond donors (Lipinski definition) is 0. The lowest BCUT2D eigenvalue weighted by Crippen LogP contribution is -2.62. The van der Waals surface area contributed by atoms with Gasteiger partial charge in [-0.05, 0) is 45.2 Å². The lowest BCUT2D eigenvalue weighted by molar-refractivity contribution is -0.145. The van der Waals surface area contributed by atoms with Gasteiger partial charge in [0.25, 0.3) is 5.91 Å². The molecule has 2 fully saturated rings. The molecule has 43 heavy (non-hydrogen) atoms. The third kappa shape index (κ3) is 5.45. The summed E-state index contributed by atoms with van der Waals surface area (Å²) in [5.74, 6) is -0.977. The topological polar surface area (TPSA) is 60.9 Å². The molecule has 0 saturated carbocycles. The van der Waals surface area contributed by atoms with Crippen molar-refractivity contribution in [2.45, 2.75) is 44.4 Å². The highest BCUT2D eigenvalue weighted by Gasteiger charge is 2.54. The van der Waals surface area contributed by atoms with Crippen molar-refractivity contribution in [3.63, 3.8) is 0 Å². The smallest absolute Gasteiger partial charge is 0.334 e. The molecule has 2 atom stereocenters. The van der Waals surface area contributed by atoms with E-state index in [1.165, 1.54) is 15.9 Å². The van der Waals surface area contributed by atoms with E-state index in [1.807, 2.05) is 48.5 Å². The molecule has 4 aromatic rings. The second kappa shape index (κ2) is 11.2. The molecule has 10 heteroatoms. The molecule has 6 rings (SSSR count). The molecule has 2 aliphatic rings. The number of alkyl halides is 4. The van der Waals surface area contributed by atoms with E-state index in [4.69, 9.17) is 0 Å². The van der Waals surface area contributed by atoms with Gasteiger partial charge in [-0.2, -0.15) is 13.2 Å². The zero-order chi connectivity index (χ0) is 30.3. The molecular formula is C33H27F4N3O3. The summed E-state index contributed by atoms with van der Waals surface area (Å²) in [5, 5.41) is 1.84. The van der Waals surface area contributed by atoms with Crippen LogP contribution in [-0.2, 0) is 42.0 Å². The van der Waals surface area contributed by atoms with Crippen LogP contribution in [-0.4, -0.2) is 51.2 Å². The van der Waals surface area contributed by atoms with Crippen molar-refractivity contribution in [1.29, 1.82) is 0 Å². The number of hydrogen-bond acceptors (Lipinski definition) is 3. The summed E-state index contributed by atoms with van der Waals surface area (Å²) in [6.07, 6.45) is -4.58. The number of rotatable bonds is 7. The van der Waals surface area contributed by atoms with Crippen LogP contribution in [0.25, 0.3) is 10.8 Å². The summed E-state index contributed by atoms with van der Waals surface area (Å²) in [7, 11) is 0. The fourth-order valence-corrected chi connectivity index (χ4v) is 6.04. The molecule has 0 bridgehead atoms. The highest BCUT2D eigenvalue weighted by Crippen LogP contribution is 2.34. The molecule has 0 aromatic heterocycles. The zero-order valence-electron chi connectivity index (χ0n) is 22.9. The van der Waals surface area contributed by atoms with Crippen LogP contribution < -0.4 is 0 Å². The average Bonchev–Trinajstić information content (AvgIpc) is 3.23. The Labute approximate surface area is 245 Å². The molecular weight excluding hydrogens is 562 g/mol. The molecule has 0 N–H and O–H groups in total. The number of piperazine rings is 1. The Hall–Kier alpha value is -4.73. The van der Waals surface area contributed by atoms with Gasteiger partial charge in [0.1, 0.15) is 18.8 Å². The molecule has 2 saturated heterocycles. The van der Waals surface area contributed by atoms with Gasteiger partial charge in [-0.15, -0.1) is 0 Å². The van der Waals surface area contributed by atoms with Crippen LogP contribution in [0.1, 0.15) is 27.8 Å². The van der Waals surface area contributed by atoms with Crippen LogP contribution in [0.4, 0.5) is 22.4 Å². The number of halogens is 4. The molecule has 6 nitrogen and oxygen atoms in total. The van der Waals surface area contributed by atoms with Crippen LogP contribution >= 0.6 is 0 Å². The van der Waals surface area contributed by atoms with E-state index >= 15 is 0 Å². The molecule has 4 amide bonds. The van der Waals surface area contributed by atoms with Gasteiger partial charge in [-0.1, -0.05) is 78.9 Å². The summed E-state index contributed by atoms with van der Waals surface area (Å²) < 4.78 is 54.1. The van der Waals surface area contributed by atoms with E-state index < -0.39 is 48.3 Å². The first-order valence-electron chi connectivity index (χ1n) is 13.8. The maximum Gasteiger partial charge on any atom is 0.416 e. The van der Waals surface area contributed by atoms with Crippen LogP contribution in [0.15, 0.2) is 91.0 Å². The molecule has 220 valence electrons. The number of carbonyl (C=O) groups excluding carboxylic acids is 3. The first-order chi connectivity index (χ1) is 20.6. The molecule has 0 spiro atoms. The third-order valence-electron chi connectivity index (χ3n) is 8.05. The monoisotopic (exact) mass is 589 g/mol. The number of carbonyl (C=O) groups is 3. The minimum Gasteiger partial charge on any atom is -0.334 e. The standard InChI is InChI=1S/C33H27F4N3O3/c34-17-22-13-23(15-26(14-22)33(35,36)37)18-38-20-29-31(42)39(19-25-11-6-10-24-9-4-5-12-27(24)25)32(43)40(29)28(30(38)41)16-21-7-2-1-3-8-21/h1-15,28-29H,16-20H2/t28-,29+/m1/s1. The van der Waals surface area contributed by atoms with Crippen LogP contribution in [0.3, 0.4) is 0 Å². The van der Waals surface area contributed by atoms with E-state index in [0.29, 0.717) is 0 Å². The minimum atomic E-state index is -4.70. The fourth-order valence-electron chi connectivity index (χ4n) is 6.04. The first-order valence-corrected chi connectivity index (χ1v) is 13.8. The zero-order valence-corrected chi connectivity index (χ0v) is 22.9. The summed E-state index contributed by atoms with van der Waals surface area (Å²) in [5.41, 5.74) is 0.438. The van der Waals surface area contributed by atoms with E-state index in [2.05, 4.69) is 0 Å². The number of urea groups is 1. The van der Waals surface area contributed by atoms with Crippen molar-refractivity contribution in [2.75, 3.05) is 6.54 Å². The quantitative estimate of drug-likeness (QED) is 0.193. The van der Waals surface area contributed by atoms with Crippen LogP contribution in [0.2, 0.25) is 0 Å². The Bertz CT molecular complexity index is 1700. The van der Waals surface area contributed by atoms with Crippen molar-refractivity contribution < 1.29 is 31.9 Å². The van der Waals surface area contributed by atoms with Gasteiger partial charge in [-0.25, -0.2) is 9.18 Å². The third-order valence-corrected chi connectivity index (χ3v) is 8.05. The number of benzene rings is 4. The van der Waals surface area contributed by atoms with Crippen molar-refractivity contribution in [1.82, 2.24) is 14.7 Å². The van der Waals surface area contributed by atoms with E-state index in [1.54, 1.807) is 24.3 Å². The fraction of sp³-hybridized carbons (Fsp3) is 0.242. The summed E-state index contributed by atoms with van der Waals surface area (Å²) in [6.45, 7) is -1.56. The second-order valence-corrected chi connectivity index (χ2v) is 10.9. The van der Waals surface area contributed by atoms with Gasteiger partial charge in [0.2, 0.25) is 5.91 Å². The summed E-state index contributed by atoms with van der Waals surface area (Å²) in [6, 6.07) is 22.5. The normalized spacial score (nSPS) is 19.0. The predicted octanol–water partition coefficient (Wildman–Crippen LogP) is 6.11. The number of nitrogens with zero attached hydrogens (tertiary/aromatic N) is 3. The maximum atomic E-state index is 13.9. The highest BCUT2D eigenvalue weighted by molar-refractivity contribution is 6.07. The van der Waals surface area contributed by atoms with Gasteiger partial charge in [-0.3, -0.25) is 19.4 Å². The van der Waals surface area contributed by atoms with Crippen LogP contribution in [0.5, 0.6) is 0 Å². The van der Waals surface area contributed by atoms with Gasteiger partial charge >= 0.3 is 12.2 Å². The highest BCUT2D eigenvalue weighted by atomic mass is 19.4. The predicted molar refractivity (Wildman–Crippen MR) is 151 cm³/mol.